The van der Waals surface area contributed by atoms with Crippen molar-refractivity contribution in [1.29, 1.82) is 0 Å². The molecule has 0 spiro atoms. The topological polar surface area (TPSA) is 146 Å². The normalized spacial score (nSPS) is 11.5. The minimum Gasteiger partial charge on any atom is -0.451 e. The second kappa shape index (κ2) is 6.24. The highest BCUT2D eigenvalue weighted by molar-refractivity contribution is 7.92. The smallest absolute Gasteiger partial charge is 0.230 e. The van der Waals surface area contributed by atoms with Gasteiger partial charge in [-0.2, -0.15) is 4.98 Å². The van der Waals surface area contributed by atoms with E-state index < -0.39 is 10.0 Å². The molecule has 0 atom stereocenters. The number of hydrogen-bond acceptors (Lipinski definition) is 8. The molecule has 23 heavy (non-hydrogen) atoms. The Morgan fingerprint density at radius 2 is 1.87 bits per heavy atom. The largest absolute Gasteiger partial charge is 0.451 e. The first kappa shape index (κ1) is 16.7. The van der Waals surface area contributed by atoms with Gasteiger partial charge in [-0.25, -0.2) is 18.4 Å². The number of hydrogen-bond donors (Lipinski definition) is 3. The van der Waals surface area contributed by atoms with E-state index in [2.05, 4.69) is 19.7 Å². The Balaban J connectivity index is 2.43. The summed E-state index contributed by atoms with van der Waals surface area (Å²) in [6, 6.07) is 1.48. The maximum Gasteiger partial charge on any atom is 0.230 e. The summed E-state index contributed by atoms with van der Waals surface area (Å²) in [5.41, 5.74) is 12.0. The Hall–Kier alpha value is -2.62. The van der Waals surface area contributed by atoms with Gasteiger partial charge in [0.25, 0.3) is 0 Å². The number of rotatable bonds is 5. The van der Waals surface area contributed by atoms with Gasteiger partial charge in [-0.3, -0.25) is 4.72 Å². The third-order valence-corrected chi connectivity index (χ3v) is 3.41. The van der Waals surface area contributed by atoms with Crippen molar-refractivity contribution in [3.8, 4) is 11.5 Å². The Kier molecular flexibility index (Phi) is 4.55. The first-order chi connectivity index (χ1) is 10.7. The van der Waals surface area contributed by atoms with E-state index in [4.69, 9.17) is 16.2 Å². The molecule has 5 N–H and O–H groups in total. The van der Waals surface area contributed by atoms with Crippen molar-refractivity contribution in [2.24, 2.45) is 0 Å². The van der Waals surface area contributed by atoms with Crippen LogP contribution in [0.25, 0.3) is 0 Å². The van der Waals surface area contributed by atoms with Gasteiger partial charge in [0, 0.05) is 17.8 Å². The van der Waals surface area contributed by atoms with Crippen LogP contribution in [0.4, 0.5) is 17.6 Å². The molecular weight excluding hydrogens is 320 g/mol. The summed E-state index contributed by atoms with van der Waals surface area (Å²) in [6.45, 7) is 3.91. The average Bonchev–Trinajstić information content (AvgIpc) is 2.40. The summed E-state index contributed by atoms with van der Waals surface area (Å²) in [5, 5.41) is 0. The quantitative estimate of drug-likeness (QED) is 0.739. The molecular formula is C13H18N6O3S. The lowest BCUT2D eigenvalue weighted by Gasteiger charge is -2.15. The van der Waals surface area contributed by atoms with E-state index in [0.717, 1.165) is 11.8 Å². The molecule has 0 fully saturated rings. The highest BCUT2D eigenvalue weighted by Crippen LogP contribution is 2.33. The van der Waals surface area contributed by atoms with Crippen molar-refractivity contribution in [3.63, 3.8) is 0 Å². The van der Waals surface area contributed by atoms with Gasteiger partial charge in [-0.15, -0.1) is 0 Å². The fourth-order valence-corrected chi connectivity index (χ4v) is 2.30. The molecule has 2 rings (SSSR count). The maximum atomic E-state index is 11.3. The van der Waals surface area contributed by atoms with Crippen molar-refractivity contribution in [3.05, 3.63) is 24.0 Å². The average molecular weight is 338 g/mol. The van der Waals surface area contributed by atoms with E-state index in [0.29, 0.717) is 5.75 Å². The number of nitrogens with two attached hydrogens (primary N) is 2. The van der Waals surface area contributed by atoms with E-state index in [9.17, 15) is 8.42 Å². The fourth-order valence-electron chi connectivity index (χ4n) is 1.81. The van der Waals surface area contributed by atoms with Crippen LogP contribution in [0.5, 0.6) is 11.5 Å². The zero-order valence-electron chi connectivity index (χ0n) is 12.9. The van der Waals surface area contributed by atoms with Crippen molar-refractivity contribution in [2.45, 2.75) is 19.8 Å². The number of nitrogens with one attached hydrogen (secondary N) is 1. The van der Waals surface area contributed by atoms with E-state index in [1.807, 2.05) is 13.8 Å². The molecule has 0 aliphatic rings. The predicted octanol–water partition coefficient (Wildman–Crippen LogP) is 1.32. The van der Waals surface area contributed by atoms with Gasteiger partial charge in [-0.05, 0) is 5.92 Å². The molecule has 0 aromatic carbocycles. The van der Waals surface area contributed by atoms with Gasteiger partial charge in [0.1, 0.15) is 11.6 Å². The third kappa shape index (κ3) is 4.42. The molecule has 0 saturated heterocycles. The van der Waals surface area contributed by atoms with Gasteiger partial charge in [0.2, 0.25) is 16.0 Å². The second-order valence-corrected chi connectivity index (χ2v) is 6.96. The van der Waals surface area contributed by atoms with Crippen LogP contribution >= 0.6 is 0 Å². The molecule has 0 bridgehead atoms. The van der Waals surface area contributed by atoms with Gasteiger partial charge < -0.3 is 16.2 Å². The highest BCUT2D eigenvalue weighted by Gasteiger charge is 2.15. The Morgan fingerprint density at radius 1 is 1.17 bits per heavy atom. The molecule has 0 saturated carbocycles. The van der Waals surface area contributed by atoms with Gasteiger partial charge >= 0.3 is 0 Å². The molecule has 124 valence electrons. The number of aromatic nitrogens is 3. The SMILES string of the molecule is CC(C)c1cnc(NS(C)(=O)=O)cc1Oc1cnc(N)nc1N. The van der Waals surface area contributed by atoms with Gasteiger partial charge in [0.05, 0.1) is 12.5 Å². The Bertz CT molecular complexity index is 822. The van der Waals surface area contributed by atoms with Crippen LogP contribution in [0, 0.1) is 0 Å². The van der Waals surface area contributed by atoms with E-state index >= 15 is 0 Å². The Morgan fingerprint density at radius 3 is 2.43 bits per heavy atom. The van der Waals surface area contributed by atoms with E-state index in [-0.39, 0.29) is 29.3 Å². The van der Waals surface area contributed by atoms with E-state index in [1.165, 1.54) is 12.3 Å². The van der Waals surface area contributed by atoms with Crippen LogP contribution < -0.4 is 20.9 Å². The first-order valence-electron chi connectivity index (χ1n) is 6.69. The molecule has 0 radical (unpaired) electrons. The summed E-state index contributed by atoms with van der Waals surface area (Å²) >= 11 is 0. The summed E-state index contributed by atoms with van der Waals surface area (Å²) in [4.78, 5) is 11.7. The Labute approximate surface area is 134 Å². The summed E-state index contributed by atoms with van der Waals surface area (Å²) in [6.07, 6.45) is 3.94. The fraction of sp³-hybridized carbons (Fsp3) is 0.308. The summed E-state index contributed by atoms with van der Waals surface area (Å²) in [7, 11) is -3.45. The molecule has 2 aromatic heterocycles. The maximum absolute atomic E-state index is 11.3. The first-order valence-corrected chi connectivity index (χ1v) is 8.58. The van der Waals surface area contributed by atoms with Crippen LogP contribution in [0.15, 0.2) is 18.5 Å². The standard InChI is InChI=1S/C13H18N6O3S/c1-7(2)8-5-16-11(19-23(3,20)21)4-9(8)22-10-6-17-13(15)18-12(10)14/h4-7H,1-3H3,(H,16,19)(H4,14,15,17,18). The zero-order valence-corrected chi connectivity index (χ0v) is 13.8. The number of ether oxygens (including phenoxy) is 1. The van der Waals surface area contributed by atoms with Crippen LogP contribution in [0.3, 0.4) is 0 Å². The number of pyridine rings is 1. The van der Waals surface area contributed by atoms with Gasteiger partial charge in [-0.1, -0.05) is 13.8 Å². The van der Waals surface area contributed by atoms with Crippen LogP contribution in [0.2, 0.25) is 0 Å². The molecule has 0 unspecified atom stereocenters. The molecule has 0 aliphatic heterocycles. The molecule has 10 heteroatoms. The third-order valence-electron chi connectivity index (χ3n) is 2.83. The number of anilines is 3. The number of nitrogen functional groups attached to an aromatic ring is 2. The number of nitrogens with zero attached hydrogens (tertiary/aromatic N) is 3. The number of sulfonamides is 1. The second-order valence-electron chi connectivity index (χ2n) is 5.22. The summed E-state index contributed by atoms with van der Waals surface area (Å²) < 4.78 is 30.7. The van der Waals surface area contributed by atoms with Crippen LogP contribution in [-0.4, -0.2) is 29.6 Å². The lowest BCUT2D eigenvalue weighted by molar-refractivity contribution is 0.470. The predicted molar refractivity (Wildman–Crippen MR) is 87.7 cm³/mol. The van der Waals surface area contributed by atoms with Crippen molar-refractivity contribution < 1.29 is 13.2 Å². The zero-order chi connectivity index (χ0) is 17.2. The van der Waals surface area contributed by atoms with Crippen molar-refractivity contribution >= 4 is 27.6 Å². The van der Waals surface area contributed by atoms with Crippen molar-refractivity contribution in [2.75, 3.05) is 22.4 Å². The molecule has 0 aliphatic carbocycles. The van der Waals surface area contributed by atoms with Crippen molar-refractivity contribution in [1.82, 2.24) is 15.0 Å². The van der Waals surface area contributed by atoms with Crippen LogP contribution in [0.1, 0.15) is 25.3 Å². The van der Waals surface area contributed by atoms with E-state index in [1.54, 1.807) is 6.20 Å². The lowest BCUT2D eigenvalue weighted by Crippen LogP contribution is -2.11. The lowest BCUT2D eigenvalue weighted by atomic mass is 10.0. The van der Waals surface area contributed by atoms with Gasteiger partial charge in [0.15, 0.2) is 11.6 Å². The molecule has 0 amide bonds. The minimum absolute atomic E-state index is 0.0353. The molecule has 9 nitrogen and oxygen atoms in total. The summed E-state index contributed by atoms with van der Waals surface area (Å²) in [5.74, 6) is 0.983. The molecule has 2 heterocycles. The highest BCUT2D eigenvalue weighted by atomic mass is 32.2. The van der Waals surface area contributed by atoms with Crippen LogP contribution in [-0.2, 0) is 10.0 Å². The monoisotopic (exact) mass is 338 g/mol. The minimum atomic E-state index is -3.45. The molecule has 2 aromatic rings.